The molecule has 0 spiro atoms. The number of halogens is 1. The van der Waals surface area contributed by atoms with Crippen LogP contribution >= 0.6 is 11.6 Å². The lowest BCUT2D eigenvalue weighted by atomic mass is 9.83. The number of hydrogen-bond acceptors (Lipinski definition) is 4. The molecule has 3 N–H and O–H groups in total. The second-order valence-corrected chi connectivity index (χ2v) is 8.02. The zero-order chi connectivity index (χ0) is 19.5. The van der Waals surface area contributed by atoms with Gasteiger partial charge in [-0.05, 0) is 68.5 Å². The van der Waals surface area contributed by atoms with E-state index in [2.05, 4.69) is 30.5 Å². The molecule has 4 rings (SSSR count). The van der Waals surface area contributed by atoms with E-state index < -0.39 is 0 Å². The van der Waals surface area contributed by atoms with Crippen LogP contribution in [0.15, 0.2) is 42.5 Å². The highest BCUT2D eigenvalue weighted by atomic mass is 35.5. The Morgan fingerprint density at radius 1 is 1.00 bits per heavy atom. The van der Waals surface area contributed by atoms with Gasteiger partial charge in [0.25, 0.3) is 0 Å². The van der Waals surface area contributed by atoms with E-state index in [0.29, 0.717) is 12.0 Å². The van der Waals surface area contributed by atoms with Gasteiger partial charge < -0.3 is 0 Å². The van der Waals surface area contributed by atoms with Crippen LogP contribution in [0.5, 0.6) is 0 Å². The molecule has 0 bridgehead atoms. The van der Waals surface area contributed by atoms with Crippen LogP contribution < -0.4 is 11.3 Å². The number of hydrogen-bond donors (Lipinski definition) is 2. The average Bonchev–Trinajstić information content (AvgIpc) is 2.73. The first kappa shape index (κ1) is 19.1. The maximum Gasteiger partial charge on any atom is 0.152 e. The standard InChI is InChI=1S/C23H25ClN4/c1-15-2-12-21-20(14-15)23(17-6-10-19(28-25)11-7-17)27-22(26-21)13-5-16-3-8-18(24)9-4-16/h2-5,8-9,12-14,17,19,28H,6-7,10-11,25H2,1H3/b13-5+. The zero-order valence-corrected chi connectivity index (χ0v) is 16.8. The van der Waals surface area contributed by atoms with E-state index in [0.717, 1.165) is 47.6 Å². The lowest BCUT2D eigenvalue weighted by Gasteiger charge is -2.28. The molecule has 0 aliphatic heterocycles. The predicted octanol–water partition coefficient (Wildman–Crippen LogP) is 5.25. The quantitative estimate of drug-likeness (QED) is 0.470. The molecule has 1 aromatic heterocycles. The van der Waals surface area contributed by atoms with Crippen molar-refractivity contribution in [2.75, 3.05) is 0 Å². The number of aromatic nitrogens is 2. The number of aryl methyl sites for hydroxylation is 1. The third-order valence-corrected chi connectivity index (χ3v) is 5.79. The lowest BCUT2D eigenvalue weighted by molar-refractivity contribution is 0.344. The molecule has 0 saturated heterocycles. The Morgan fingerprint density at radius 3 is 2.46 bits per heavy atom. The number of nitrogens with two attached hydrogens (primary N) is 1. The molecular formula is C23H25ClN4. The number of nitrogens with zero attached hydrogens (tertiary/aromatic N) is 2. The van der Waals surface area contributed by atoms with Crippen molar-refractivity contribution in [3.05, 3.63) is 70.1 Å². The lowest BCUT2D eigenvalue weighted by Crippen LogP contribution is -2.37. The number of hydrazine groups is 1. The second kappa shape index (κ2) is 8.39. The van der Waals surface area contributed by atoms with Crippen molar-refractivity contribution in [2.24, 2.45) is 5.84 Å². The molecule has 0 amide bonds. The molecule has 0 unspecified atom stereocenters. The molecule has 144 valence electrons. The summed E-state index contributed by atoms with van der Waals surface area (Å²) in [5.74, 6) is 6.83. The molecule has 0 atom stereocenters. The molecule has 1 aliphatic carbocycles. The Hall–Kier alpha value is -2.27. The summed E-state index contributed by atoms with van der Waals surface area (Å²) >= 11 is 5.97. The number of fused-ring (bicyclic) bond motifs is 1. The van der Waals surface area contributed by atoms with Crippen LogP contribution in [-0.4, -0.2) is 16.0 Å². The summed E-state index contributed by atoms with van der Waals surface area (Å²) in [6, 6.07) is 14.6. The highest BCUT2D eigenvalue weighted by molar-refractivity contribution is 6.30. The minimum absolute atomic E-state index is 0.412. The summed E-state index contributed by atoms with van der Waals surface area (Å²) in [6.07, 6.45) is 8.36. The van der Waals surface area contributed by atoms with Gasteiger partial charge in [0.15, 0.2) is 5.82 Å². The summed E-state index contributed by atoms with van der Waals surface area (Å²) in [7, 11) is 0. The number of benzene rings is 2. The molecule has 4 nitrogen and oxygen atoms in total. The summed E-state index contributed by atoms with van der Waals surface area (Å²) in [5, 5.41) is 1.91. The van der Waals surface area contributed by atoms with Crippen LogP contribution in [0.4, 0.5) is 0 Å². The van der Waals surface area contributed by atoms with Crippen LogP contribution in [0, 0.1) is 6.92 Å². The highest BCUT2D eigenvalue weighted by Crippen LogP contribution is 2.35. The fourth-order valence-electron chi connectivity index (χ4n) is 3.95. The first-order chi connectivity index (χ1) is 13.6. The van der Waals surface area contributed by atoms with Crippen molar-refractivity contribution in [3.63, 3.8) is 0 Å². The first-order valence-electron chi connectivity index (χ1n) is 9.80. The van der Waals surface area contributed by atoms with Crippen molar-refractivity contribution < 1.29 is 0 Å². The van der Waals surface area contributed by atoms with Gasteiger partial charge >= 0.3 is 0 Å². The zero-order valence-electron chi connectivity index (χ0n) is 16.0. The van der Waals surface area contributed by atoms with Crippen LogP contribution in [0.1, 0.15) is 54.2 Å². The van der Waals surface area contributed by atoms with E-state index in [1.165, 1.54) is 16.6 Å². The maximum atomic E-state index is 5.97. The van der Waals surface area contributed by atoms with Crippen LogP contribution in [0.3, 0.4) is 0 Å². The van der Waals surface area contributed by atoms with Gasteiger partial charge in [-0.15, -0.1) is 0 Å². The van der Waals surface area contributed by atoms with Gasteiger partial charge in [0, 0.05) is 22.4 Å². The van der Waals surface area contributed by atoms with E-state index in [-0.39, 0.29) is 0 Å². The third-order valence-electron chi connectivity index (χ3n) is 5.54. The van der Waals surface area contributed by atoms with Crippen LogP contribution in [0.25, 0.3) is 23.1 Å². The van der Waals surface area contributed by atoms with Crippen molar-refractivity contribution in [2.45, 2.75) is 44.6 Å². The van der Waals surface area contributed by atoms with Crippen LogP contribution in [-0.2, 0) is 0 Å². The SMILES string of the molecule is Cc1ccc2nc(/C=C/c3ccc(Cl)cc3)nc(C3CCC(NN)CC3)c2c1. The Kier molecular flexibility index (Phi) is 5.72. The molecule has 1 fully saturated rings. The molecule has 1 heterocycles. The third kappa shape index (κ3) is 4.25. The summed E-state index contributed by atoms with van der Waals surface area (Å²) in [4.78, 5) is 9.75. The molecule has 0 radical (unpaired) electrons. The smallest absolute Gasteiger partial charge is 0.152 e. The first-order valence-corrected chi connectivity index (χ1v) is 10.2. The van der Waals surface area contributed by atoms with Crippen molar-refractivity contribution in [3.8, 4) is 0 Å². The molecule has 1 aliphatic rings. The Bertz CT molecular complexity index is 989. The van der Waals surface area contributed by atoms with E-state index in [1.807, 2.05) is 36.4 Å². The second-order valence-electron chi connectivity index (χ2n) is 7.59. The number of nitrogens with one attached hydrogen (secondary N) is 1. The molecule has 5 heteroatoms. The highest BCUT2D eigenvalue weighted by Gasteiger charge is 2.24. The molecule has 28 heavy (non-hydrogen) atoms. The van der Waals surface area contributed by atoms with Gasteiger partial charge in [-0.3, -0.25) is 11.3 Å². The van der Waals surface area contributed by atoms with Crippen molar-refractivity contribution in [1.29, 1.82) is 0 Å². The Morgan fingerprint density at radius 2 is 1.75 bits per heavy atom. The predicted molar refractivity (Wildman–Crippen MR) is 117 cm³/mol. The molecule has 3 aromatic rings. The van der Waals surface area contributed by atoms with Crippen molar-refractivity contribution in [1.82, 2.24) is 15.4 Å². The van der Waals surface area contributed by atoms with Gasteiger partial charge in [-0.1, -0.05) is 41.4 Å². The topological polar surface area (TPSA) is 63.8 Å². The van der Waals surface area contributed by atoms with Gasteiger partial charge in [0.2, 0.25) is 0 Å². The van der Waals surface area contributed by atoms with Crippen LogP contribution in [0.2, 0.25) is 5.02 Å². The monoisotopic (exact) mass is 392 g/mol. The normalized spacial score (nSPS) is 20.1. The fraction of sp³-hybridized carbons (Fsp3) is 0.304. The Balaban J connectivity index is 1.70. The summed E-state index contributed by atoms with van der Waals surface area (Å²) in [6.45, 7) is 2.12. The minimum Gasteiger partial charge on any atom is -0.271 e. The Labute approximate surface area is 170 Å². The van der Waals surface area contributed by atoms with Gasteiger partial charge in [0.1, 0.15) is 0 Å². The van der Waals surface area contributed by atoms with E-state index in [1.54, 1.807) is 0 Å². The van der Waals surface area contributed by atoms with Crippen molar-refractivity contribution >= 4 is 34.7 Å². The maximum absolute atomic E-state index is 5.97. The van der Waals surface area contributed by atoms with E-state index in [4.69, 9.17) is 27.4 Å². The van der Waals surface area contributed by atoms with E-state index >= 15 is 0 Å². The van der Waals surface area contributed by atoms with Gasteiger partial charge in [-0.25, -0.2) is 9.97 Å². The molecular weight excluding hydrogens is 368 g/mol. The largest absolute Gasteiger partial charge is 0.271 e. The average molecular weight is 393 g/mol. The van der Waals surface area contributed by atoms with Gasteiger partial charge in [0.05, 0.1) is 11.2 Å². The minimum atomic E-state index is 0.412. The summed E-state index contributed by atoms with van der Waals surface area (Å²) in [5.41, 5.74) is 7.41. The van der Waals surface area contributed by atoms with E-state index in [9.17, 15) is 0 Å². The molecule has 1 saturated carbocycles. The summed E-state index contributed by atoms with van der Waals surface area (Å²) < 4.78 is 0. The number of rotatable bonds is 4. The fourth-order valence-corrected chi connectivity index (χ4v) is 4.07. The van der Waals surface area contributed by atoms with Gasteiger partial charge in [-0.2, -0.15) is 0 Å². The molecule has 2 aromatic carbocycles.